The normalized spacial score (nSPS) is 22.3. The SMILES string of the molecule is CN(C)[C@@H]1CO[C@@H](c2ccccc2)c2ccccc21. The van der Waals surface area contributed by atoms with E-state index in [0.717, 1.165) is 6.61 Å². The Morgan fingerprint density at radius 3 is 2.21 bits per heavy atom. The lowest BCUT2D eigenvalue weighted by Gasteiger charge is -2.35. The number of benzene rings is 2. The first-order valence-corrected chi connectivity index (χ1v) is 6.69. The Morgan fingerprint density at radius 2 is 1.53 bits per heavy atom. The molecule has 0 aliphatic carbocycles. The third-order valence-electron chi connectivity index (χ3n) is 3.78. The number of rotatable bonds is 2. The largest absolute Gasteiger partial charge is 0.367 e. The van der Waals surface area contributed by atoms with Gasteiger partial charge in [0.1, 0.15) is 6.10 Å². The van der Waals surface area contributed by atoms with E-state index in [2.05, 4.69) is 67.5 Å². The summed E-state index contributed by atoms with van der Waals surface area (Å²) in [5.41, 5.74) is 3.90. The number of likely N-dealkylation sites (N-methyl/N-ethyl adjacent to an activating group) is 1. The van der Waals surface area contributed by atoms with Gasteiger partial charge in [0.05, 0.1) is 12.6 Å². The van der Waals surface area contributed by atoms with Crippen LogP contribution in [-0.2, 0) is 4.74 Å². The second-order valence-corrected chi connectivity index (χ2v) is 5.23. The van der Waals surface area contributed by atoms with E-state index in [9.17, 15) is 0 Å². The molecule has 19 heavy (non-hydrogen) atoms. The average Bonchev–Trinajstić information content (AvgIpc) is 2.47. The van der Waals surface area contributed by atoms with Gasteiger partial charge in [0.2, 0.25) is 0 Å². The van der Waals surface area contributed by atoms with Gasteiger partial charge in [-0.15, -0.1) is 0 Å². The fourth-order valence-corrected chi connectivity index (χ4v) is 2.75. The number of nitrogens with zero attached hydrogens (tertiary/aromatic N) is 1. The molecule has 0 radical (unpaired) electrons. The van der Waals surface area contributed by atoms with E-state index in [4.69, 9.17) is 4.74 Å². The van der Waals surface area contributed by atoms with Crippen molar-refractivity contribution in [1.29, 1.82) is 0 Å². The second-order valence-electron chi connectivity index (χ2n) is 5.23. The van der Waals surface area contributed by atoms with Crippen molar-refractivity contribution in [1.82, 2.24) is 4.90 Å². The van der Waals surface area contributed by atoms with Crippen LogP contribution in [0.2, 0.25) is 0 Å². The summed E-state index contributed by atoms with van der Waals surface area (Å²) in [4.78, 5) is 2.22. The predicted molar refractivity (Wildman–Crippen MR) is 77.1 cm³/mol. The zero-order chi connectivity index (χ0) is 13.2. The molecule has 0 N–H and O–H groups in total. The van der Waals surface area contributed by atoms with Crippen molar-refractivity contribution >= 4 is 0 Å². The van der Waals surface area contributed by atoms with E-state index in [-0.39, 0.29) is 6.10 Å². The molecule has 2 heteroatoms. The topological polar surface area (TPSA) is 12.5 Å². The minimum atomic E-state index is 0.0635. The van der Waals surface area contributed by atoms with Crippen LogP contribution in [0.4, 0.5) is 0 Å². The lowest BCUT2D eigenvalue weighted by atomic mass is 9.90. The molecular formula is C17H19NO. The summed E-state index contributed by atoms with van der Waals surface area (Å²) in [6.45, 7) is 0.740. The van der Waals surface area contributed by atoms with Crippen LogP contribution in [0, 0.1) is 0 Å². The third-order valence-corrected chi connectivity index (χ3v) is 3.78. The van der Waals surface area contributed by atoms with Gasteiger partial charge in [-0.1, -0.05) is 54.6 Å². The van der Waals surface area contributed by atoms with Gasteiger partial charge in [0, 0.05) is 0 Å². The summed E-state index contributed by atoms with van der Waals surface area (Å²) >= 11 is 0. The minimum Gasteiger partial charge on any atom is -0.367 e. The Morgan fingerprint density at radius 1 is 0.895 bits per heavy atom. The van der Waals surface area contributed by atoms with Crippen LogP contribution in [0.5, 0.6) is 0 Å². The van der Waals surface area contributed by atoms with E-state index >= 15 is 0 Å². The van der Waals surface area contributed by atoms with Gasteiger partial charge in [-0.3, -0.25) is 0 Å². The first-order chi connectivity index (χ1) is 9.27. The van der Waals surface area contributed by atoms with E-state index in [1.807, 2.05) is 6.07 Å². The first-order valence-electron chi connectivity index (χ1n) is 6.69. The number of ether oxygens (including phenoxy) is 1. The van der Waals surface area contributed by atoms with Gasteiger partial charge in [0.25, 0.3) is 0 Å². The molecule has 0 unspecified atom stereocenters. The van der Waals surface area contributed by atoms with E-state index in [1.54, 1.807) is 0 Å². The molecule has 0 saturated heterocycles. The Kier molecular flexibility index (Phi) is 3.36. The van der Waals surface area contributed by atoms with Crippen LogP contribution in [0.1, 0.15) is 28.8 Å². The van der Waals surface area contributed by atoms with E-state index in [0.29, 0.717) is 6.04 Å². The monoisotopic (exact) mass is 253 g/mol. The standard InChI is InChI=1S/C17H19NO/c1-18(2)16-12-19-17(13-8-4-3-5-9-13)15-11-7-6-10-14(15)16/h3-11,16-17H,12H2,1-2H3/t16-,17+/m1/s1. The third kappa shape index (κ3) is 2.29. The molecule has 2 nitrogen and oxygen atoms in total. The maximum atomic E-state index is 6.12. The quantitative estimate of drug-likeness (QED) is 0.813. The molecule has 0 amide bonds. The molecule has 0 fully saturated rings. The van der Waals surface area contributed by atoms with Crippen molar-refractivity contribution in [2.75, 3.05) is 20.7 Å². The van der Waals surface area contributed by atoms with Gasteiger partial charge in [-0.25, -0.2) is 0 Å². The van der Waals surface area contributed by atoms with Crippen LogP contribution in [0.15, 0.2) is 54.6 Å². The Balaban J connectivity index is 2.04. The first kappa shape index (κ1) is 12.4. The lowest BCUT2D eigenvalue weighted by Crippen LogP contribution is -2.31. The zero-order valence-corrected chi connectivity index (χ0v) is 11.4. The highest BCUT2D eigenvalue weighted by molar-refractivity contribution is 5.39. The van der Waals surface area contributed by atoms with Crippen molar-refractivity contribution in [2.45, 2.75) is 12.1 Å². The van der Waals surface area contributed by atoms with Crippen molar-refractivity contribution in [3.8, 4) is 0 Å². The molecule has 3 rings (SSSR count). The molecule has 1 heterocycles. The van der Waals surface area contributed by atoms with Crippen LogP contribution in [-0.4, -0.2) is 25.6 Å². The summed E-state index contributed by atoms with van der Waals surface area (Å²) in [7, 11) is 4.21. The molecule has 2 aromatic rings. The van der Waals surface area contributed by atoms with Gasteiger partial charge < -0.3 is 9.64 Å². The zero-order valence-electron chi connectivity index (χ0n) is 11.4. The summed E-state index contributed by atoms with van der Waals surface area (Å²) in [5, 5.41) is 0. The predicted octanol–water partition coefficient (Wildman–Crippen LogP) is 3.41. The van der Waals surface area contributed by atoms with Gasteiger partial charge in [-0.05, 0) is 30.8 Å². The highest BCUT2D eigenvalue weighted by atomic mass is 16.5. The summed E-state index contributed by atoms with van der Waals surface area (Å²) in [5.74, 6) is 0. The maximum Gasteiger partial charge on any atom is 0.108 e. The van der Waals surface area contributed by atoms with Crippen molar-refractivity contribution < 1.29 is 4.74 Å². The van der Waals surface area contributed by atoms with Crippen LogP contribution in [0.25, 0.3) is 0 Å². The van der Waals surface area contributed by atoms with Crippen LogP contribution in [0.3, 0.4) is 0 Å². The molecular weight excluding hydrogens is 234 g/mol. The van der Waals surface area contributed by atoms with Gasteiger partial charge >= 0.3 is 0 Å². The van der Waals surface area contributed by atoms with E-state index in [1.165, 1.54) is 16.7 Å². The molecule has 0 bridgehead atoms. The molecule has 2 aromatic carbocycles. The van der Waals surface area contributed by atoms with Crippen LogP contribution < -0.4 is 0 Å². The molecule has 0 saturated carbocycles. The van der Waals surface area contributed by atoms with Crippen LogP contribution >= 0.6 is 0 Å². The smallest absolute Gasteiger partial charge is 0.108 e. The highest BCUT2D eigenvalue weighted by Crippen LogP contribution is 2.38. The molecule has 1 aliphatic heterocycles. The van der Waals surface area contributed by atoms with E-state index < -0.39 is 0 Å². The molecule has 98 valence electrons. The van der Waals surface area contributed by atoms with Crippen molar-refractivity contribution in [3.05, 3.63) is 71.3 Å². The Bertz CT molecular complexity index is 550. The maximum absolute atomic E-state index is 6.12. The van der Waals surface area contributed by atoms with Gasteiger partial charge in [-0.2, -0.15) is 0 Å². The molecule has 1 aliphatic rings. The molecule has 0 spiro atoms. The average molecular weight is 253 g/mol. The number of hydrogen-bond acceptors (Lipinski definition) is 2. The Labute approximate surface area is 114 Å². The second kappa shape index (κ2) is 5.16. The summed E-state index contributed by atoms with van der Waals surface area (Å²) in [6.07, 6.45) is 0.0635. The summed E-state index contributed by atoms with van der Waals surface area (Å²) < 4.78 is 6.12. The fraction of sp³-hybridized carbons (Fsp3) is 0.294. The lowest BCUT2D eigenvalue weighted by molar-refractivity contribution is 0.0205. The highest BCUT2D eigenvalue weighted by Gasteiger charge is 2.29. The number of fused-ring (bicyclic) bond motifs is 1. The minimum absolute atomic E-state index is 0.0635. The fourth-order valence-electron chi connectivity index (χ4n) is 2.75. The number of hydrogen-bond donors (Lipinski definition) is 0. The van der Waals surface area contributed by atoms with Crippen molar-refractivity contribution in [3.63, 3.8) is 0 Å². The van der Waals surface area contributed by atoms with Gasteiger partial charge in [0.15, 0.2) is 0 Å². The molecule has 0 aromatic heterocycles. The molecule has 2 atom stereocenters. The summed E-state index contributed by atoms with van der Waals surface area (Å²) in [6, 6.07) is 19.4. The van der Waals surface area contributed by atoms with Crippen molar-refractivity contribution in [2.24, 2.45) is 0 Å². The Hall–Kier alpha value is -1.64.